The summed E-state index contributed by atoms with van der Waals surface area (Å²) in [4.78, 5) is 22.0. The molecule has 0 aromatic heterocycles. The van der Waals surface area contributed by atoms with Gasteiger partial charge in [-0.2, -0.15) is 0 Å². The summed E-state index contributed by atoms with van der Waals surface area (Å²) in [6, 6.07) is 8.49. The zero-order valence-electron chi connectivity index (χ0n) is 14.7. The van der Waals surface area contributed by atoms with Gasteiger partial charge in [0.2, 0.25) is 0 Å². The molecule has 2 aromatic rings. The fraction of sp³-hybridized carbons (Fsp3) is 0.188. The monoisotopic (exact) mass is 335 g/mol. The summed E-state index contributed by atoms with van der Waals surface area (Å²) in [7, 11) is 0. The van der Waals surface area contributed by atoms with Gasteiger partial charge in [-0.05, 0) is 36.8 Å². The topological polar surface area (TPSA) is 93.5 Å². The van der Waals surface area contributed by atoms with Crippen molar-refractivity contribution >= 4 is 23.2 Å². The third-order valence-corrected chi connectivity index (χ3v) is 2.90. The maximum atomic E-state index is 13.0. The van der Waals surface area contributed by atoms with E-state index in [1.165, 1.54) is 24.3 Å². The second kappa shape index (κ2) is 7.91. The zero-order valence-corrected chi connectivity index (χ0v) is 12.7. The maximum Gasteiger partial charge on any atom is 0.411 e. The summed E-state index contributed by atoms with van der Waals surface area (Å²) in [5, 5.41) is 16.0. The Balaban J connectivity index is 2.27. The average molecular weight is 335 g/mol. The number of rotatable bonds is 6. The number of anilines is 2. The summed E-state index contributed by atoms with van der Waals surface area (Å²) in [5.74, 6) is -0.505. The van der Waals surface area contributed by atoms with E-state index in [1.807, 2.05) is 0 Å². The van der Waals surface area contributed by atoms with Gasteiger partial charge < -0.3 is 10.1 Å². The third kappa shape index (κ3) is 4.67. The normalized spacial score (nSPS) is 11.9. The molecular weight excluding hydrogens is 317 g/mol. The summed E-state index contributed by atoms with van der Waals surface area (Å²) >= 11 is 0. The van der Waals surface area contributed by atoms with Gasteiger partial charge in [-0.1, -0.05) is 12.1 Å². The van der Waals surface area contributed by atoms with Gasteiger partial charge in [-0.3, -0.25) is 15.4 Å². The lowest BCUT2D eigenvalue weighted by Crippen LogP contribution is -2.14. The van der Waals surface area contributed by atoms with E-state index in [2.05, 4.69) is 15.4 Å². The van der Waals surface area contributed by atoms with Gasteiger partial charge in [-0.15, -0.1) is 0 Å². The quantitative estimate of drug-likeness (QED) is 0.616. The van der Waals surface area contributed by atoms with E-state index in [0.717, 1.165) is 18.2 Å². The molecule has 2 rings (SSSR count). The van der Waals surface area contributed by atoms with Crippen LogP contribution in [0.2, 0.25) is 0 Å². The highest BCUT2D eigenvalue weighted by atomic mass is 19.1. The lowest BCUT2D eigenvalue weighted by molar-refractivity contribution is -0.383. The fourth-order valence-electron chi connectivity index (χ4n) is 1.82. The largest absolute Gasteiger partial charge is 0.450 e. The number of carbonyl (C=O) groups is 1. The van der Waals surface area contributed by atoms with Gasteiger partial charge in [0.05, 0.1) is 14.3 Å². The minimum atomic E-state index is -2.10. The van der Waals surface area contributed by atoms with E-state index in [1.54, 1.807) is 6.92 Å². The van der Waals surface area contributed by atoms with Crippen molar-refractivity contribution in [1.82, 2.24) is 0 Å². The van der Waals surface area contributed by atoms with Crippen LogP contribution < -0.4 is 10.6 Å². The first-order valence-electron chi connectivity index (χ1n) is 7.99. The van der Waals surface area contributed by atoms with Crippen molar-refractivity contribution in [2.45, 2.75) is 13.4 Å². The van der Waals surface area contributed by atoms with Crippen LogP contribution in [0.5, 0.6) is 0 Å². The SMILES string of the molecule is [2H]C([2H])(Nc1ccc(NC(=O)OCC)c([N+](=O)[O-])c1)c1ccc(F)cc1. The highest BCUT2D eigenvalue weighted by Crippen LogP contribution is 2.28. The van der Waals surface area contributed by atoms with Gasteiger partial charge in [0.1, 0.15) is 11.5 Å². The second-order valence-corrected chi connectivity index (χ2v) is 4.59. The van der Waals surface area contributed by atoms with Crippen molar-refractivity contribution in [2.24, 2.45) is 0 Å². The number of amides is 1. The zero-order chi connectivity index (χ0) is 19.3. The number of carbonyl (C=O) groups excluding carboxylic acids is 1. The molecular formula is C16H16FN3O4. The van der Waals surface area contributed by atoms with Crippen LogP contribution in [0.3, 0.4) is 0 Å². The highest BCUT2D eigenvalue weighted by molar-refractivity contribution is 5.88. The van der Waals surface area contributed by atoms with Crippen LogP contribution in [0.25, 0.3) is 0 Å². The minimum absolute atomic E-state index is 0.0821. The van der Waals surface area contributed by atoms with Crippen molar-refractivity contribution in [1.29, 1.82) is 0 Å². The first-order chi connectivity index (χ1) is 12.2. The first-order valence-corrected chi connectivity index (χ1v) is 6.99. The van der Waals surface area contributed by atoms with E-state index < -0.39 is 29.0 Å². The number of hydrogen-bond donors (Lipinski definition) is 2. The van der Waals surface area contributed by atoms with E-state index in [4.69, 9.17) is 2.74 Å². The number of hydrogen-bond acceptors (Lipinski definition) is 5. The minimum Gasteiger partial charge on any atom is -0.450 e. The molecule has 0 fully saturated rings. The van der Waals surface area contributed by atoms with Gasteiger partial charge >= 0.3 is 6.09 Å². The van der Waals surface area contributed by atoms with E-state index >= 15 is 0 Å². The Morgan fingerprint density at radius 3 is 2.67 bits per heavy atom. The number of nitro groups is 1. The predicted molar refractivity (Wildman–Crippen MR) is 87.5 cm³/mol. The lowest BCUT2D eigenvalue weighted by atomic mass is 10.2. The fourth-order valence-corrected chi connectivity index (χ4v) is 1.82. The predicted octanol–water partition coefficient (Wildman–Crippen LogP) is 3.91. The van der Waals surface area contributed by atoms with Crippen LogP contribution in [0, 0.1) is 15.9 Å². The molecule has 0 heterocycles. The first kappa shape index (κ1) is 14.4. The van der Waals surface area contributed by atoms with E-state index in [9.17, 15) is 19.3 Å². The molecule has 0 aliphatic heterocycles. The number of nitrogens with one attached hydrogen (secondary N) is 2. The molecule has 2 aromatic carbocycles. The molecule has 24 heavy (non-hydrogen) atoms. The Hall–Kier alpha value is -3.16. The molecule has 1 amide bonds. The van der Waals surface area contributed by atoms with E-state index in [0.29, 0.717) is 0 Å². The Labute approximate surface area is 140 Å². The van der Waals surface area contributed by atoms with Crippen molar-refractivity contribution in [3.63, 3.8) is 0 Å². The number of nitrogens with zero attached hydrogens (tertiary/aromatic N) is 1. The number of halogens is 1. The number of ether oxygens (including phenoxy) is 1. The smallest absolute Gasteiger partial charge is 0.411 e. The van der Waals surface area contributed by atoms with Gasteiger partial charge in [0, 0.05) is 18.3 Å². The average Bonchev–Trinajstić information content (AvgIpc) is 2.56. The van der Waals surface area contributed by atoms with Crippen LogP contribution in [-0.4, -0.2) is 17.6 Å². The molecule has 8 heteroatoms. The molecule has 0 atom stereocenters. The molecule has 0 bridgehead atoms. The highest BCUT2D eigenvalue weighted by Gasteiger charge is 2.17. The third-order valence-electron chi connectivity index (χ3n) is 2.90. The molecule has 126 valence electrons. The van der Waals surface area contributed by atoms with Crippen LogP contribution in [0.15, 0.2) is 42.5 Å². The lowest BCUT2D eigenvalue weighted by Gasteiger charge is -2.10. The molecule has 0 saturated heterocycles. The van der Waals surface area contributed by atoms with Gasteiger partial charge in [0.15, 0.2) is 0 Å². The molecule has 0 saturated carbocycles. The summed E-state index contributed by atoms with van der Waals surface area (Å²) in [5.41, 5.74) is -0.255. The maximum absolute atomic E-state index is 13.0. The molecule has 0 aliphatic carbocycles. The Kier molecular flexibility index (Phi) is 4.76. The Morgan fingerprint density at radius 1 is 1.33 bits per heavy atom. The summed E-state index contributed by atoms with van der Waals surface area (Å²) in [6.45, 7) is -0.395. The van der Waals surface area contributed by atoms with Gasteiger partial charge in [-0.25, -0.2) is 9.18 Å². The van der Waals surface area contributed by atoms with Crippen molar-refractivity contribution in [3.8, 4) is 0 Å². The van der Waals surface area contributed by atoms with Crippen molar-refractivity contribution < 1.29 is 21.6 Å². The standard InChI is InChI=1S/C16H16FN3O4/c1-2-24-16(21)19-14-8-7-13(9-15(14)20(22)23)18-10-11-3-5-12(17)6-4-11/h3-9,18H,2,10H2,1H3,(H,19,21)/i10D2. The molecule has 0 radical (unpaired) electrons. The molecule has 0 spiro atoms. The van der Waals surface area contributed by atoms with Crippen LogP contribution in [0.1, 0.15) is 15.2 Å². The van der Waals surface area contributed by atoms with Crippen LogP contribution in [0.4, 0.5) is 26.2 Å². The molecule has 0 aliphatic rings. The van der Waals surface area contributed by atoms with Crippen molar-refractivity contribution in [2.75, 3.05) is 17.2 Å². The number of nitro benzene ring substituents is 1. The Bertz CT molecular complexity index is 816. The summed E-state index contributed by atoms with van der Waals surface area (Å²) in [6.07, 6.45) is -0.835. The number of benzene rings is 2. The van der Waals surface area contributed by atoms with Crippen molar-refractivity contribution in [3.05, 3.63) is 64.0 Å². The van der Waals surface area contributed by atoms with Gasteiger partial charge in [0.25, 0.3) is 5.69 Å². The molecule has 7 nitrogen and oxygen atoms in total. The molecule has 0 unspecified atom stereocenters. The second-order valence-electron chi connectivity index (χ2n) is 4.59. The Morgan fingerprint density at radius 2 is 2.04 bits per heavy atom. The van der Waals surface area contributed by atoms with Crippen LogP contribution in [-0.2, 0) is 11.2 Å². The van der Waals surface area contributed by atoms with Crippen LogP contribution >= 0.6 is 0 Å². The van der Waals surface area contributed by atoms with E-state index in [-0.39, 0.29) is 23.5 Å². The summed E-state index contributed by atoms with van der Waals surface area (Å²) < 4.78 is 33.8. The molecule has 2 N–H and O–H groups in total.